The fourth-order valence-corrected chi connectivity index (χ4v) is 3.03. The third kappa shape index (κ3) is 1.94. The lowest BCUT2D eigenvalue weighted by Crippen LogP contribution is -2.27. The maximum Gasteiger partial charge on any atom is 0.332 e. The van der Waals surface area contributed by atoms with Gasteiger partial charge in [0.1, 0.15) is 0 Å². The second-order valence-electron chi connectivity index (χ2n) is 3.31. The first-order valence-corrected chi connectivity index (χ1v) is 6.02. The molecule has 0 fully saturated rings. The third-order valence-electron chi connectivity index (χ3n) is 1.85. The maximum atomic E-state index is 11.6. The van der Waals surface area contributed by atoms with Crippen molar-refractivity contribution < 1.29 is 0 Å². The topological polar surface area (TPSA) is 54.9 Å². The monoisotopic (exact) mass is 202 g/mol. The summed E-state index contributed by atoms with van der Waals surface area (Å²) in [6.07, 6.45) is 1.73. The fraction of sp³-hybridized carbons (Fsp3) is 0.750. The van der Waals surface area contributed by atoms with E-state index in [1.54, 1.807) is 0 Å². The number of aryl methyl sites for hydroxylation is 1. The molecule has 0 saturated heterocycles. The van der Waals surface area contributed by atoms with Gasteiger partial charge in [-0.15, -0.1) is 0 Å². The van der Waals surface area contributed by atoms with Crippen LogP contribution in [0.4, 0.5) is 0 Å². The molecule has 1 rings (SSSR count). The number of nitrogens with zero attached hydrogens (tertiary/aromatic N) is 1. The van der Waals surface area contributed by atoms with Crippen molar-refractivity contribution in [2.24, 2.45) is 0 Å². The Labute approximate surface area is 77.7 Å². The van der Waals surface area contributed by atoms with Crippen LogP contribution in [0.1, 0.15) is 33.2 Å². The van der Waals surface area contributed by atoms with Crippen molar-refractivity contribution >= 4 is 7.69 Å². The summed E-state index contributed by atoms with van der Waals surface area (Å²) in [5.41, 5.74) is -0.223. The fourth-order valence-electron chi connectivity index (χ4n) is 1.26. The minimum absolute atomic E-state index is 0.0168. The normalized spacial score (nSPS) is 12.5. The highest BCUT2D eigenvalue weighted by Crippen LogP contribution is 2.16. The number of aromatic nitrogens is 2. The van der Waals surface area contributed by atoms with Crippen molar-refractivity contribution in [2.45, 2.75) is 39.4 Å². The van der Waals surface area contributed by atoms with Gasteiger partial charge in [-0.25, -0.2) is 4.79 Å². The summed E-state index contributed by atoms with van der Waals surface area (Å²) in [4.78, 5) is 22.9. The Morgan fingerprint density at radius 1 is 1.46 bits per heavy atom. The van der Waals surface area contributed by atoms with Gasteiger partial charge in [-0.3, -0.25) is 14.1 Å². The molecule has 1 aromatic rings. The zero-order valence-electron chi connectivity index (χ0n) is 8.20. The average molecular weight is 202 g/mol. The summed E-state index contributed by atoms with van der Waals surface area (Å²) in [7, 11) is -0.930. The molecule has 1 atom stereocenters. The van der Waals surface area contributed by atoms with Gasteiger partial charge < -0.3 is 0 Å². The molecule has 74 valence electrons. The first-order valence-electron chi connectivity index (χ1n) is 4.49. The second-order valence-corrected chi connectivity index (χ2v) is 5.22. The molecule has 0 spiro atoms. The minimum Gasteiger partial charge on any atom is -0.293 e. The Morgan fingerprint density at radius 3 is 2.46 bits per heavy atom. The molecule has 1 heterocycles. The van der Waals surface area contributed by atoms with E-state index in [1.165, 1.54) is 4.57 Å². The zero-order chi connectivity index (χ0) is 10.0. The Morgan fingerprint density at radius 2 is 2.08 bits per heavy atom. The molecule has 0 aliphatic carbocycles. The zero-order valence-corrected chi connectivity index (χ0v) is 9.10. The lowest BCUT2D eigenvalue weighted by atomic mass is 10.4. The molecule has 4 nitrogen and oxygen atoms in total. The maximum absolute atomic E-state index is 11.6. The van der Waals surface area contributed by atoms with Crippen LogP contribution in [0, 0.1) is 0 Å². The Hall–Kier alpha value is -0.760. The minimum atomic E-state index is -0.930. The van der Waals surface area contributed by atoms with Crippen molar-refractivity contribution in [1.29, 1.82) is 0 Å². The standard InChI is InChI=1S/C8H15N2O2P/c1-4-5-13-8(12)10(6(2)3)7(11)9-13/h6H,4-5H2,1-3H3,(H,9,11). The van der Waals surface area contributed by atoms with Crippen LogP contribution >= 0.6 is 7.69 Å². The van der Waals surface area contributed by atoms with E-state index in [0.717, 1.165) is 12.6 Å². The Balaban J connectivity index is 3.23. The highest BCUT2D eigenvalue weighted by atomic mass is 31.1. The predicted octanol–water partition coefficient (Wildman–Crippen LogP) is 1.51. The van der Waals surface area contributed by atoms with E-state index in [4.69, 9.17) is 0 Å². The average Bonchev–Trinajstić information content (AvgIpc) is 2.28. The number of H-pyrrole nitrogens is 1. The van der Waals surface area contributed by atoms with E-state index in [-0.39, 0.29) is 17.0 Å². The van der Waals surface area contributed by atoms with Gasteiger partial charge in [-0.2, -0.15) is 0 Å². The third-order valence-corrected chi connectivity index (χ3v) is 3.88. The molecule has 0 aliphatic rings. The van der Waals surface area contributed by atoms with Gasteiger partial charge in [0.2, 0.25) is 0 Å². The molecule has 0 bridgehead atoms. The lowest BCUT2D eigenvalue weighted by molar-refractivity contribution is 0.566. The summed E-state index contributed by atoms with van der Waals surface area (Å²) in [5.74, 6) is 0. The van der Waals surface area contributed by atoms with Gasteiger partial charge in [-0.1, -0.05) is 6.92 Å². The smallest absolute Gasteiger partial charge is 0.293 e. The molecule has 5 heteroatoms. The molecule has 1 aromatic heterocycles. The van der Waals surface area contributed by atoms with E-state index in [9.17, 15) is 9.59 Å². The van der Waals surface area contributed by atoms with Gasteiger partial charge in [-0.05, 0) is 20.3 Å². The molecule has 0 radical (unpaired) electrons. The molecule has 0 saturated carbocycles. The summed E-state index contributed by atoms with van der Waals surface area (Å²) in [6, 6.07) is -0.0307. The summed E-state index contributed by atoms with van der Waals surface area (Å²) in [6.45, 7) is 5.71. The molecule has 0 aliphatic heterocycles. The van der Waals surface area contributed by atoms with E-state index in [0.29, 0.717) is 0 Å². The number of aromatic amines is 1. The predicted molar refractivity (Wildman–Crippen MR) is 54.7 cm³/mol. The van der Waals surface area contributed by atoms with E-state index in [2.05, 4.69) is 4.75 Å². The summed E-state index contributed by atoms with van der Waals surface area (Å²) >= 11 is 0. The van der Waals surface area contributed by atoms with Gasteiger partial charge in [0.25, 0.3) is 5.29 Å². The molecular weight excluding hydrogens is 187 g/mol. The van der Waals surface area contributed by atoms with E-state index >= 15 is 0 Å². The summed E-state index contributed by atoms with van der Waals surface area (Å²) < 4.78 is 4.06. The van der Waals surface area contributed by atoms with Crippen LogP contribution in [0.15, 0.2) is 9.59 Å². The van der Waals surface area contributed by atoms with Crippen LogP contribution < -0.4 is 11.0 Å². The Bertz CT molecular complexity index is 386. The van der Waals surface area contributed by atoms with Gasteiger partial charge in [0.15, 0.2) is 0 Å². The first-order chi connectivity index (χ1) is 6.07. The van der Waals surface area contributed by atoms with E-state index < -0.39 is 7.69 Å². The largest absolute Gasteiger partial charge is 0.332 e. The SMILES string of the molecule is CCCp1[nH]c(=O)n(C(C)C)c1=O. The van der Waals surface area contributed by atoms with Crippen molar-refractivity contribution in [3.05, 3.63) is 20.6 Å². The van der Waals surface area contributed by atoms with E-state index in [1.807, 2.05) is 20.8 Å². The molecule has 0 aromatic carbocycles. The van der Waals surface area contributed by atoms with Crippen LogP contribution in [0.25, 0.3) is 0 Å². The van der Waals surface area contributed by atoms with Crippen LogP contribution in [-0.2, 0) is 6.16 Å². The Kier molecular flexibility index (Phi) is 3.15. The van der Waals surface area contributed by atoms with Crippen molar-refractivity contribution in [3.8, 4) is 0 Å². The van der Waals surface area contributed by atoms with Gasteiger partial charge >= 0.3 is 5.69 Å². The summed E-state index contributed by atoms with van der Waals surface area (Å²) in [5, 5.41) is -0.0168. The van der Waals surface area contributed by atoms with Crippen LogP contribution in [0.2, 0.25) is 0 Å². The van der Waals surface area contributed by atoms with Crippen molar-refractivity contribution in [3.63, 3.8) is 0 Å². The molecule has 1 N–H and O–H groups in total. The molecule has 1 unspecified atom stereocenters. The van der Waals surface area contributed by atoms with Crippen LogP contribution in [0.3, 0.4) is 0 Å². The van der Waals surface area contributed by atoms with Crippen LogP contribution in [0.5, 0.6) is 0 Å². The number of rotatable bonds is 3. The highest BCUT2D eigenvalue weighted by molar-refractivity contribution is 7.43. The number of hydrogen-bond donors (Lipinski definition) is 1. The first kappa shape index (κ1) is 10.3. The highest BCUT2D eigenvalue weighted by Gasteiger charge is 2.11. The molecule has 0 amide bonds. The molecular formula is C8H15N2O2P. The van der Waals surface area contributed by atoms with Gasteiger partial charge in [0.05, 0.1) is 0 Å². The van der Waals surface area contributed by atoms with Crippen molar-refractivity contribution in [2.75, 3.05) is 0 Å². The lowest BCUT2D eigenvalue weighted by Gasteiger charge is -2.01. The number of nitrogens with one attached hydrogen (secondary N) is 1. The quantitative estimate of drug-likeness (QED) is 0.807. The molecule has 13 heavy (non-hydrogen) atoms. The van der Waals surface area contributed by atoms with Crippen molar-refractivity contribution in [1.82, 2.24) is 9.31 Å². The second kappa shape index (κ2) is 3.97. The van der Waals surface area contributed by atoms with Gasteiger partial charge in [0, 0.05) is 19.9 Å². The van der Waals surface area contributed by atoms with Crippen LogP contribution in [-0.4, -0.2) is 9.31 Å². The number of hydrogen-bond acceptors (Lipinski definition) is 2.